The van der Waals surface area contributed by atoms with Crippen LogP contribution in [-0.2, 0) is 0 Å². The van der Waals surface area contributed by atoms with Crippen LogP contribution in [-0.4, -0.2) is 0 Å². The van der Waals surface area contributed by atoms with Crippen molar-refractivity contribution in [2.24, 2.45) is 11.8 Å². The lowest BCUT2D eigenvalue weighted by molar-refractivity contribution is 0.293. The third-order valence-electron chi connectivity index (χ3n) is 5.58. The monoisotopic (exact) mass is 342 g/mol. The van der Waals surface area contributed by atoms with Crippen LogP contribution in [0.15, 0.2) is 24.3 Å². The van der Waals surface area contributed by atoms with Crippen molar-refractivity contribution < 1.29 is 4.39 Å². The van der Waals surface area contributed by atoms with E-state index in [4.69, 9.17) is 0 Å². The molecule has 0 saturated heterocycles. The van der Waals surface area contributed by atoms with Gasteiger partial charge < -0.3 is 0 Å². The fraction of sp³-hybridized carbons (Fsp3) is 0.667. The number of hydrogen-bond donors (Lipinski definition) is 0. The molecule has 1 saturated carbocycles. The Morgan fingerprint density at radius 2 is 1.44 bits per heavy atom. The summed E-state index contributed by atoms with van der Waals surface area (Å²) >= 11 is 0. The van der Waals surface area contributed by atoms with Crippen molar-refractivity contribution in [2.75, 3.05) is 0 Å². The Bertz CT molecular complexity index is 511. The van der Waals surface area contributed by atoms with Crippen molar-refractivity contribution in [1.29, 1.82) is 0 Å². The fourth-order valence-electron chi connectivity index (χ4n) is 3.88. The van der Waals surface area contributed by atoms with Gasteiger partial charge in [0.1, 0.15) is 5.82 Å². The third kappa shape index (κ3) is 8.57. The van der Waals surface area contributed by atoms with E-state index in [-0.39, 0.29) is 5.82 Å². The van der Waals surface area contributed by atoms with Gasteiger partial charge in [0.25, 0.3) is 0 Å². The molecule has 1 aliphatic rings. The molecule has 0 aromatic heterocycles. The van der Waals surface area contributed by atoms with Gasteiger partial charge in [0, 0.05) is 11.5 Å². The SMILES string of the molecule is CCCCCCCCCC[C@H]1CC[C@H](C#Cc2ccc(F)cc2)CC1. The normalized spacial score (nSPS) is 20.1. The van der Waals surface area contributed by atoms with Crippen LogP contribution in [0.2, 0.25) is 0 Å². The third-order valence-corrected chi connectivity index (χ3v) is 5.58. The Hall–Kier alpha value is -1.29. The van der Waals surface area contributed by atoms with Crippen molar-refractivity contribution in [3.63, 3.8) is 0 Å². The predicted octanol–water partition coefficient (Wildman–Crippen LogP) is 7.51. The van der Waals surface area contributed by atoms with Crippen LogP contribution < -0.4 is 0 Å². The van der Waals surface area contributed by atoms with Gasteiger partial charge >= 0.3 is 0 Å². The van der Waals surface area contributed by atoms with Crippen molar-refractivity contribution in [1.82, 2.24) is 0 Å². The second kappa shape index (κ2) is 12.1. The molecule has 0 atom stereocenters. The molecular formula is C24H35F. The predicted molar refractivity (Wildman–Crippen MR) is 106 cm³/mol. The Morgan fingerprint density at radius 3 is 2.08 bits per heavy atom. The number of unbranched alkanes of at least 4 members (excludes halogenated alkanes) is 7. The van der Waals surface area contributed by atoms with E-state index in [2.05, 4.69) is 18.8 Å². The molecule has 0 unspecified atom stereocenters. The lowest BCUT2D eigenvalue weighted by Crippen LogP contribution is -2.13. The van der Waals surface area contributed by atoms with Gasteiger partial charge in [-0.15, -0.1) is 0 Å². The van der Waals surface area contributed by atoms with Gasteiger partial charge in [-0.2, -0.15) is 0 Å². The quantitative estimate of drug-likeness (QED) is 0.321. The molecule has 0 N–H and O–H groups in total. The lowest BCUT2D eigenvalue weighted by Gasteiger charge is -2.25. The van der Waals surface area contributed by atoms with Crippen LogP contribution in [0.5, 0.6) is 0 Å². The van der Waals surface area contributed by atoms with Crippen LogP contribution in [0.4, 0.5) is 4.39 Å². The lowest BCUT2D eigenvalue weighted by atomic mass is 9.80. The van der Waals surface area contributed by atoms with Crippen molar-refractivity contribution >= 4 is 0 Å². The molecule has 2 rings (SSSR count). The molecule has 1 fully saturated rings. The zero-order valence-corrected chi connectivity index (χ0v) is 16.0. The Kier molecular flexibility index (Phi) is 9.71. The topological polar surface area (TPSA) is 0 Å². The summed E-state index contributed by atoms with van der Waals surface area (Å²) in [5, 5.41) is 0. The molecule has 0 nitrogen and oxygen atoms in total. The van der Waals surface area contributed by atoms with Crippen LogP contribution in [0.25, 0.3) is 0 Å². The molecule has 1 aliphatic carbocycles. The first-order valence-corrected chi connectivity index (χ1v) is 10.5. The molecular weight excluding hydrogens is 307 g/mol. The van der Waals surface area contributed by atoms with Crippen molar-refractivity contribution in [3.05, 3.63) is 35.6 Å². The minimum atomic E-state index is -0.188. The summed E-state index contributed by atoms with van der Waals surface area (Å²) in [6.45, 7) is 2.28. The number of benzene rings is 1. The zero-order valence-electron chi connectivity index (χ0n) is 16.0. The number of hydrogen-bond acceptors (Lipinski definition) is 0. The average Bonchev–Trinajstić information content (AvgIpc) is 2.64. The minimum Gasteiger partial charge on any atom is -0.207 e. The van der Waals surface area contributed by atoms with Crippen LogP contribution in [0.3, 0.4) is 0 Å². The van der Waals surface area contributed by atoms with E-state index in [9.17, 15) is 4.39 Å². The van der Waals surface area contributed by atoms with E-state index in [1.54, 1.807) is 12.1 Å². The van der Waals surface area contributed by atoms with Gasteiger partial charge in [0.2, 0.25) is 0 Å². The van der Waals surface area contributed by atoms with Gasteiger partial charge in [0.15, 0.2) is 0 Å². The smallest absolute Gasteiger partial charge is 0.123 e. The van der Waals surface area contributed by atoms with Crippen LogP contribution in [0, 0.1) is 29.5 Å². The van der Waals surface area contributed by atoms with Crippen LogP contribution in [0.1, 0.15) is 96.0 Å². The van der Waals surface area contributed by atoms with E-state index in [0.717, 1.165) is 11.5 Å². The zero-order chi connectivity index (χ0) is 17.7. The number of rotatable bonds is 9. The maximum absolute atomic E-state index is 12.9. The highest BCUT2D eigenvalue weighted by molar-refractivity contribution is 5.34. The minimum absolute atomic E-state index is 0.188. The molecule has 0 spiro atoms. The maximum Gasteiger partial charge on any atom is 0.123 e. The first-order chi connectivity index (χ1) is 12.3. The molecule has 138 valence electrons. The highest BCUT2D eigenvalue weighted by atomic mass is 19.1. The molecule has 0 amide bonds. The van der Waals surface area contributed by atoms with Gasteiger partial charge in [-0.3, -0.25) is 0 Å². The Morgan fingerprint density at radius 1 is 0.840 bits per heavy atom. The second-order valence-corrected chi connectivity index (χ2v) is 7.76. The molecule has 25 heavy (non-hydrogen) atoms. The van der Waals surface area contributed by atoms with Gasteiger partial charge in [-0.05, 0) is 55.9 Å². The number of halogens is 1. The molecule has 0 heterocycles. The van der Waals surface area contributed by atoms with E-state index in [0.29, 0.717) is 5.92 Å². The molecule has 1 aromatic rings. The van der Waals surface area contributed by atoms with Gasteiger partial charge in [-0.1, -0.05) is 76.6 Å². The van der Waals surface area contributed by atoms with E-state index in [1.807, 2.05) is 0 Å². The summed E-state index contributed by atoms with van der Waals surface area (Å²) in [5.41, 5.74) is 0.933. The van der Waals surface area contributed by atoms with Gasteiger partial charge in [0.05, 0.1) is 0 Å². The molecule has 0 bridgehead atoms. The summed E-state index contributed by atoms with van der Waals surface area (Å²) in [6, 6.07) is 6.53. The van der Waals surface area contributed by atoms with E-state index >= 15 is 0 Å². The summed E-state index contributed by atoms with van der Waals surface area (Å²) in [7, 11) is 0. The maximum atomic E-state index is 12.9. The summed E-state index contributed by atoms with van der Waals surface area (Å²) in [4.78, 5) is 0. The highest BCUT2D eigenvalue weighted by Crippen LogP contribution is 2.31. The molecule has 1 heteroatoms. The first kappa shape index (κ1) is 20.0. The van der Waals surface area contributed by atoms with Crippen molar-refractivity contribution in [2.45, 2.75) is 90.4 Å². The summed E-state index contributed by atoms with van der Waals surface area (Å²) in [6.07, 6.45) is 17.9. The first-order valence-electron chi connectivity index (χ1n) is 10.5. The fourth-order valence-corrected chi connectivity index (χ4v) is 3.88. The highest BCUT2D eigenvalue weighted by Gasteiger charge is 2.19. The second-order valence-electron chi connectivity index (χ2n) is 7.76. The summed E-state index contributed by atoms with van der Waals surface area (Å²) in [5.74, 6) is 7.91. The molecule has 0 aliphatic heterocycles. The van der Waals surface area contributed by atoms with Crippen LogP contribution >= 0.6 is 0 Å². The summed E-state index contributed by atoms with van der Waals surface area (Å²) < 4.78 is 12.9. The Labute approximate surface area is 154 Å². The Balaban J connectivity index is 1.54. The van der Waals surface area contributed by atoms with E-state index in [1.165, 1.54) is 95.6 Å². The van der Waals surface area contributed by atoms with Gasteiger partial charge in [-0.25, -0.2) is 4.39 Å². The van der Waals surface area contributed by atoms with Crippen molar-refractivity contribution in [3.8, 4) is 11.8 Å². The van der Waals surface area contributed by atoms with E-state index < -0.39 is 0 Å². The largest absolute Gasteiger partial charge is 0.207 e. The molecule has 1 aromatic carbocycles. The standard InChI is InChI=1S/C24H35F/c1-2-3-4-5-6-7-8-9-10-21-11-13-22(14-12-21)15-16-23-17-19-24(25)20-18-23/h17-22H,2-14H2,1H3/t21-,22-. The average molecular weight is 343 g/mol. The molecule has 0 radical (unpaired) electrons.